The molecular weight excluding hydrogens is 226 g/mol. The molecule has 94 valence electrons. The molecule has 1 aromatic heterocycles. The Morgan fingerprint density at radius 3 is 2.72 bits per heavy atom. The van der Waals surface area contributed by atoms with Crippen molar-refractivity contribution in [3.8, 4) is 0 Å². The van der Waals surface area contributed by atoms with E-state index in [1.165, 1.54) is 5.56 Å². The van der Waals surface area contributed by atoms with Gasteiger partial charge in [0, 0.05) is 5.92 Å². The first-order chi connectivity index (χ1) is 8.79. The minimum Gasteiger partial charge on any atom is -0.423 e. The van der Waals surface area contributed by atoms with Crippen LogP contribution in [0.3, 0.4) is 0 Å². The Balaban J connectivity index is 1.73. The molecule has 0 amide bonds. The summed E-state index contributed by atoms with van der Waals surface area (Å²) in [5.41, 5.74) is 1.36. The summed E-state index contributed by atoms with van der Waals surface area (Å²) in [5.74, 6) is 2.40. The van der Waals surface area contributed by atoms with Crippen molar-refractivity contribution in [3.05, 3.63) is 47.7 Å². The molecule has 3 rings (SSSR count). The molecule has 1 aromatic carbocycles. The zero-order chi connectivity index (χ0) is 12.5. The molecule has 1 saturated carbocycles. The van der Waals surface area contributed by atoms with E-state index in [9.17, 15) is 0 Å². The fourth-order valence-electron chi connectivity index (χ4n) is 2.23. The maximum atomic E-state index is 5.73. The third kappa shape index (κ3) is 2.04. The Morgan fingerprint density at radius 1 is 1.22 bits per heavy atom. The van der Waals surface area contributed by atoms with E-state index in [2.05, 4.69) is 39.8 Å². The van der Waals surface area contributed by atoms with Gasteiger partial charge < -0.3 is 9.73 Å². The molecule has 0 radical (unpaired) electrons. The van der Waals surface area contributed by atoms with E-state index in [1.54, 1.807) is 0 Å². The van der Waals surface area contributed by atoms with Gasteiger partial charge in [-0.25, -0.2) is 0 Å². The van der Waals surface area contributed by atoms with Gasteiger partial charge in [-0.3, -0.25) is 0 Å². The number of nitrogens with one attached hydrogen (secondary N) is 1. The van der Waals surface area contributed by atoms with Gasteiger partial charge in [0.1, 0.15) is 0 Å². The topological polar surface area (TPSA) is 51.0 Å². The van der Waals surface area contributed by atoms with Gasteiger partial charge >= 0.3 is 0 Å². The fraction of sp³-hybridized carbons (Fsp3) is 0.429. The first-order valence-corrected chi connectivity index (χ1v) is 6.35. The van der Waals surface area contributed by atoms with Crippen LogP contribution in [-0.2, 0) is 0 Å². The molecule has 2 aromatic rings. The van der Waals surface area contributed by atoms with E-state index in [1.807, 2.05) is 20.0 Å². The Kier molecular flexibility index (Phi) is 2.88. The minimum atomic E-state index is 0.111. The summed E-state index contributed by atoms with van der Waals surface area (Å²) in [6.45, 7) is 2.01. The van der Waals surface area contributed by atoms with Crippen molar-refractivity contribution in [2.75, 3.05) is 7.05 Å². The van der Waals surface area contributed by atoms with E-state index < -0.39 is 0 Å². The second kappa shape index (κ2) is 4.53. The third-order valence-electron chi connectivity index (χ3n) is 3.60. The Hall–Kier alpha value is -1.68. The zero-order valence-corrected chi connectivity index (χ0v) is 10.6. The lowest BCUT2D eigenvalue weighted by atomic mass is 10.1. The van der Waals surface area contributed by atoms with Crippen LogP contribution in [0.25, 0.3) is 0 Å². The van der Waals surface area contributed by atoms with Gasteiger partial charge in [-0.2, -0.15) is 0 Å². The Morgan fingerprint density at radius 2 is 2.00 bits per heavy atom. The summed E-state index contributed by atoms with van der Waals surface area (Å²) in [6.07, 6.45) is 1.11. The molecule has 4 heteroatoms. The number of benzene rings is 1. The average molecular weight is 243 g/mol. The van der Waals surface area contributed by atoms with Crippen molar-refractivity contribution in [1.29, 1.82) is 0 Å². The molecule has 1 fully saturated rings. The monoisotopic (exact) mass is 243 g/mol. The SMILES string of the molecule is CNC(C)c1nnc(C2CC2c2ccccc2)o1. The van der Waals surface area contributed by atoms with Crippen molar-refractivity contribution < 1.29 is 4.42 Å². The summed E-state index contributed by atoms with van der Waals surface area (Å²) in [5, 5.41) is 11.4. The molecule has 0 spiro atoms. The Bertz CT molecular complexity index is 523. The van der Waals surface area contributed by atoms with Gasteiger partial charge in [0.15, 0.2) is 0 Å². The van der Waals surface area contributed by atoms with Crippen LogP contribution in [-0.4, -0.2) is 17.2 Å². The molecule has 18 heavy (non-hydrogen) atoms. The highest BCUT2D eigenvalue weighted by molar-refractivity contribution is 5.30. The number of hydrogen-bond acceptors (Lipinski definition) is 4. The zero-order valence-electron chi connectivity index (χ0n) is 10.6. The van der Waals surface area contributed by atoms with E-state index in [0.717, 1.165) is 12.3 Å². The second-order valence-electron chi connectivity index (χ2n) is 4.85. The predicted molar refractivity (Wildman–Crippen MR) is 68.3 cm³/mol. The van der Waals surface area contributed by atoms with Gasteiger partial charge in [0.25, 0.3) is 0 Å². The number of hydrogen-bond donors (Lipinski definition) is 1. The van der Waals surface area contributed by atoms with E-state index in [-0.39, 0.29) is 6.04 Å². The summed E-state index contributed by atoms with van der Waals surface area (Å²) >= 11 is 0. The fourth-order valence-corrected chi connectivity index (χ4v) is 2.23. The predicted octanol–water partition coefficient (Wildman–Crippen LogP) is 2.62. The van der Waals surface area contributed by atoms with Crippen LogP contribution in [0.15, 0.2) is 34.7 Å². The van der Waals surface area contributed by atoms with Crippen LogP contribution < -0.4 is 5.32 Å². The van der Waals surface area contributed by atoms with Crippen molar-refractivity contribution in [2.45, 2.75) is 31.2 Å². The van der Waals surface area contributed by atoms with Crippen LogP contribution in [0.4, 0.5) is 0 Å². The molecule has 0 aliphatic heterocycles. The molecule has 1 aliphatic rings. The lowest BCUT2D eigenvalue weighted by Crippen LogP contribution is -2.12. The van der Waals surface area contributed by atoms with E-state index >= 15 is 0 Å². The quantitative estimate of drug-likeness (QED) is 0.896. The number of rotatable bonds is 4. The molecule has 0 bridgehead atoms. The van der Waals surface area contributed by atoms with Crippen molar-refractivity contribution in [1.82, 2.24) is 15.5 Å². The highest BCUT2D eigenvalue weighted by atomic mass is 16.4. The van der Waals surface area contributed by atoms with Gasteiger partial charge in [0.2, 0.25) is 11.8 Å². The molecule has 0 saturated heterocycles. The van der Waals surface area contributed by atoms with Crippen LogP contribution in [0.2, 0.25) is 0 Å². The third-order valence-corrected chi connectivity index (χ3v) is 3.60. The number of aromatic nitrogens is 2. The maximum absolute atomic E-state index is 5.73. The summed E-state index contributed by atoms with van der Waals surface area (Å²) in [7, 11) is 1.89. The van der Waals surface area contributed by atoms with Gasteiger partial charge in [-0.1, -0.05) is 30.3 Å². The Labute approximate surface area is 106 Å². The van der Waals surface area contributed by atoms with E-state index in [4.69, 9.17) is 4.42 Å². The molecule has 1 heterocycles. The first kappa shape index (κ1) is 11.4. The lowest BCUT2D eigenvalue weighted by Gasteiger charge is -2.02. The molecular formula is C14H17N3O. The van der Waals surface area contributed by atoms with Crippen LogP contribution in [0, 0.1) is 0 Å². The van der Waals surface area contributed by atoms with Gasteiger partial charge in [0.05, 0.1) is 6.04 Å². The maximum Gasteiger partial charge on any atom is 0.233 e. The van der Waals surface area contributed by atoms with Crippen LogP contribution in [0.1, 0.15) is 48.6 Å². The summed E-state index contributed by atoms with van der Waals surface area (Å²) < 4.78 is 5.73. The standard InChI is InChI=1S/C14H17N3O/c1-9(15-2)13-16-17-14(18-13)12-8-11(12)10-6-4-3-5-7-10/h3-7,9,11-12,15H,8H2,1-2H3. The van der Waals surface area contributed by atoms with Crippen molar-refractivity contribution >= 4 is 0 Å². The average Bonchev–Trinajstić information content (AvgIpc) is 3.08. The largest absolute Gasteiger partial charge is 0.423 e. The van der Waals surface area contributed by atoms with Crippen molar-refractivity contribution in [2.24, 2.45) is 0 Å². The van der Waals surface area contributed by atoms with E-state index in [0.29, 0.717) is 17.7 Å². The summed E-state index contributed by atoms with van der Waals surface area (Å²) in [6, 6.07) is 10.6. The molecule has 1 N–H and O–H groups in total. The normalized spacial score (nSPS) is 23.9. The molecule has 3 atom stereocenters. The molecule has 4 nitrogen and oxygen atoms in total. The molecule has 1 aliphatic carbocycles. The lowest BCUT2D eigenvalue weighted by molar-refractivity contribution is 0.405. The first-order valence-electron chi connectivity index (χ1n) is 6.35. The minimum absolute atomic E-state index is 0.111. The number of nitrogens with zero attached hydrogens (tertiary/aromatic N) is 2. The van der Waals surface area contributed by atoms with Crippen LogP contribution in [0.5, 0.6) is 0 Å². The van der Waals surface area contributed by atoms with Crippen molar-refractivity contribution in [3.63, 3.8) is 0 Å². The van der Waals surface area contributed by atoms with Crippen LogP contribution >= 0.6 is 0 Å². The summed E-state index contributed by atoms with van der Waals surface area (Å²) in [4.78, 5) is 0. The van der Waals surface area contributed by atoms with Gasteiger partial charge in [-0.15, -0.1) is 10.2 Å². The highest BCUT2D eigenvalue weighted by Crippen LogP contribution is 2.54. The highest BCUT2D eigenvalue weighted by Gasteiger charge is 2.43. The molecule has 3 unspecified atom stereocenters. The second-order valence-corrected chi connectivity index (χ2v) is 4.85. The smallest absolute Gasteiger partial charge is 0.233 e. The van der Waals surface area contributed by atoms with Gasteiger partial charge in [-0.05, 0) is 31.9 Å².